The summed E-state index contributed by atoms with van der Waals surface area (Å²) in [6.07, 6.45) is 2.30. The van der Waals surface area contributed by atoms with Gasteiger partial charge in [-0.3, -0.25) is 0 Å². The van der Waals surface area contributed by atoms with Crippen molar-refractivity contribution in [1.82, 2.24) is 0 Å². The third kappa shape index (κ3) is 4.07. The van der Waals surface area contributed by atoms with Crippen molar-refractivity contribution in [1.29, 1.82) is 0 Å². The molecule has 0 spiro atoms. The molecule has 0 aliphatic heterocycles. The summed E-state index contributed by atoms with van der Waals surface area (Å²) < 4.78 is 1.04. The van der Waals surface area contributed by atoms with Crippen LogP contribution in [0.4, 0.5) is 5.69 Å². The number of halogens is 1. The van der Waals surface area contributed by atoms with Crippen molar-refractivity contribution in [3.05, 3.63) is 58.6 Å². The second-order valence-corrected chi connectivity index (χ2v) is 6.17. The number of hydrogen-bond donors (Lipinski definition) is 1. The van der Waals surface area contributed by atoms with Gasteiger partial charge in [0, 0.05) is 15.1 Å². The van der Waals surface area contributed by atoms with Gasteiger partial charge in [0.2, 0.25) is 0 Å². The van der Waals surface area contributed by atoms with Gasteiger partial charge in [-0.1, -0.05) is 46.3 Å². The Bertz CT molecular complexity index is 499. The number of benzene rings is 2. The van der Waals surface area contributed by atoms with Crippen LogP contribution < -0.4 is 5.73 Å². The van der Waals surface area contributed by atoms with E-state index in [2.05, 4.69) is 52.3 Å². The van der Waals surface area contributed by atoms with Crippen LogP contribution in [0, 0.1) is 0 Å². The lowest BCUT2D eigenvalue weighted by Crippen LogP contribution is -1.91. The Hall–Kier alpha value is -0.930. The third-order valence-electron chi connectivity index (χ3n) is 2.68. The number of anilines is 1. The van der Waals surface area contributed by atoms with Crippen LogP contribution in [-0.2, 0) is 6.42 Å². The van der Waals surface area contributed by atoms with Gasteiger partial charge in [0.25, 0.3) is 0 Å². The molecule has 1 nitrogen and oxygen atoms in total. The topological polar surface area (TPSA) is 26.0 Å². The molecule has 0 atom stereocenters. The van der Waals surface area contributed by atoms with Gasteiger partial charge in [0.05, 0.1) is 0 Å². The summed E-state index contributed by atoms with van der Waals surface area (Å²) in [5, 5.41) is 0. The van der Waals surface area contributed by atoms with Crippen molar-refractivity contribution in [3.8, 4) is 0 Å². The molecule has 2 N–H and O–H groups in total. The van der Waals surface area contributed by atoms with E-state index in [4.69, 9.17) is 5.73 Å². The average molecular weight is 322 g/mol. The minimum Gasteiger partial charge on any atom is -0.398 e. The molecule has 2 aromatic carbocycles. The van der Waals surface area contributed by atoms with Crippen LogP contribution in [0.2, 0.25) is 0 Å². The molecule has 0 aliphatic carbocycles. The molecule has 0 radical (unpaired) electrons. The quantitative estimate of drug-likeness (QED) is 0.488. The fraction of sp³-hybridized carbons (Fsp3) is 0.200. The van der Waals surface area contributed by atoms with Crippen molar-refractivity contribution < 1.29 is 0 Å². The molecule has 0 unspecified atom stereocenters. The number of nitrogen functional groups attached to an aromatic ring is 1. The lowest BCUT2D eigenvalue weighted by atomic mass is 10.1. The summed E-state index contributed by atoms with van der Waals surface area (Å²) in [5.74, 6) is 1.10. The normalized spacial score (nSPS) is 10.5. The van der Waals surface area contributed by atoms with E-state index in [1.165, 1.54) is 16.9 Å². The van der Waals surface area contributed by atoms with Crippen molar-refractivity contribution in [2.24, 2.45) is 0 Å². The van der Waals surface area contributed by atoms with Gasteiger partial charge >= 0.3 is 0 Å². The Balaban J connectivity index is 1.79. The number of nitrogens with two attached hydrogens (primary N) is 1. The summed E-state index contributed by atoms with van der Waals surface area (Å²) in [6.45, 7) is 0. The molecule has 3 heteroatoms. The maximum atomic E-state index is 5.96. The van der Waals surface area contributed by atoms with E-state index in [0.717, 1.165) is 22.3 Å². The zero-order valence-corrected chi connectivity index (χ0v) is 12.5. The van der Waals surface area contributed by atoms with Gasteiger partial charge in [-0.2, -0.15) is 0 Å². The van der Waals surface area contributed by atoms with Crippen molar-refractivity contribution in [2.75, 3.05) is 11.5 Å². The number of rotatable bonds is 5. The van der Waals surface area contributed by atoms with E-state index in [1.54, 1.807) is 0 Å². The van der Waals surface area contributed by atoms with Crippen LogP contribution in [0.3, 0.4) is 0 Å². The third-order valence-corrected chi connectivity index (χ3v) is 4.35. The molecular formula is C15H16BrNS. The lowest BCUT2D eigenvalue weighted by Gasteiger charge is -2.06. The molecule has 0 amide bonds. The molecule has 2 rings (SSSR count). The molecular weight excluding hydrogens is 306 g/mol. The second kappa shape index (κ2) is 6.86. The molecule has 0 bridgehead atoms. The van der Waals surface area contributed by atoms with Crippen LogP contribution in [0.5, 0.6) is 0 Å². The highest BCUT2D eigenvalue weighted by atomic mass is 79.9. The highest BCUT2D eigenvalue weighted by Crippen LogP contribution is 2.28. The van der Waals surface area contributed by atoms with Crippen LogP contribution in [-0.4, -0.2) is 5.75 Å². The Morgan fingerprint density at radius 1 is 1.06 bits per heavy atom. The number of hydrogen-bond acceptors (Lipinski definition) is 2. The van der Waals surface area contributed by atoms with E-state index in [1.807, 2.05) is 23.9 Å². The predicted octanol–water partition coefficient (Wildman–Crippen LogP) is 4.76. The summed E-state index contributed by atoms with van der Waals surface area (Å²) in [6, 6.07) is 16.7. The summed E-state index contributed by atoms with van der Waals surface area (Å²) >= 11 is 5.25. The van der Waals surface area contributed by atoms with Gasteiger partial charge < -0.3 is 5.73 Å². The Morgan fingerprint density at radius 2 is 1.83 bits per heavy atom. The van der Waals surface area contributed by atoms with E-state index in [9.17, 15) is 0 Å². The summed E-state index contributed by atoms with van der Waals surface area (Å²) in [7, 11) is 0. The standard InChI is InChI=1S/C15H16BrNS/c16-13-8-9-15(14(17)11-13)18-10-4-7-12-5-2-1-3-6-12/h1-3,5-6,8-9,11H,4,7,10,17H2. The Kier molecular flexibility index (Phi) is 5.14. The van der Waals surface area contributed by atoms with E-state index >= 15 is 0 Å². The van der Waals surface area contributed by atoms with Crippen LogP contribution >= 0.6 is 27.7 Å². The van der Waals surface area contributed by atoms with E-state index in [-0.39, 0.29) is 0 Å². The SMILES string of the molecule is Nc1cc(Br)ccc1SCCCc1ccccc1. The minimum atomic E-state index is 0.856. The largest absolute Gasteiger partial charge is 0.398 e. The summed E-state index contributed by atoms with van der Waals surface area (Å²) in [5.41, 5.74) is 8.22. The maximum absolute atomic E-state index is 5.96. The zero-order valence-electron chi connectivity index (χ0n) is 10.1. The van der Waals surface area contributed by atoms with Crippen molar-refractivity contribution in [3.63, 3.8) is 0 Å². The first-order chi connectivity index (χ1) is 8.75. The molecule has 0 fully saturated rings. The Labute approximate surface area is 121 Å². The van der Waals surface area contributed by atoms with E-state index in [0.29, 0.717) is 0 Å². The molecule has 94 valence electrons. The fourth-order valence-electron chi connectivity index (χ4n) is 1.75. The van der Waals surface area contributed by atoms with Crippen LogP contribution in [0.1, 0.15) is 12.0 Å². The zero-order chi connectivity index (χ0) is 12.8. The second-order valence-electron chi connectivity index (χ2n) is 4.12. The minimum absolute atomic E-state index is 0.856. The first kappa shape index (κ1) is 13.5. The molecule has 2 aromatic rings. The van der Waals surface area contributed by atoms with Gasteiger partial charge in [-0.25, -0.2) is 0 Å². The molecule has 0 saturated heterocycles. The Morgan fingerprint density at radius 3 is 2.56 bits per heavy atom. The predicted molar refractivity (Wildman–Crippen MR) is 84.0 cm³/mol. The lowest BCUT2D eigenvalue weighted by molar-refractivity contribution is 0.933. The van der Waals surface area contributed by atoms with E-state index < -0.39 is 0 Å². The highest BCUT2D eigenvalue weighted by molar-refractivity contribution is 9.10. The number of thioether (sulfide) groups is 1. The molecule has 0 heterocycles. The van der Waals surface area contributed by atoms with Gasteiger partial charge in [0.15, 0.2) is 0 Å². The first-order valence-corrected chi connectivity index (χ1v) is 7.75. The van der Waals surface area contributed by atoms with Gasteiger partial charge in [-0.15, -0.1) is 11.8 Å². The summed E-state index contributed by atoms with van der Waals surface area (Å²) in [4.78, 5) is 1.17. The smallest absolute Gasteiger partial charge is 0.0463 e. The van der Waals surface area contributed by atoms with Crippen LogP contribution in [0.15, 0.2) is 57.9 Å². The molecule has 0 aromatic heterocycles. The van der Waals surface area contributed by atoms with Crippen LogP contribution in [0.25, 0.3) is 0 Å². The monoisotopic (exact) mass is 321 g/mol. The van der Waals surface area contributed by atoms with Gasteiger partial charge in [-0.05, 0) is 42.4 Å². The fourth-order valence-corrected chi connectivity index (χ4v) is 3.03. The molecule has 0 aliphatic rings. The average Bonchev–Trinajstić information content (AvgIpc) is 2.38. The van der Waals surface area contributed by atoms with Gasteiger partial charge in [0.1, 0.15) is 0 Å². The molecule has 18 heavy (non-hydrogen) atoms. The number of aryl methyl sites for hydroxylation is 1. The van der Waals surface area contributed by atoms with Crippen molar-refractivity contribution in [2.45, 2.75) is 17.7 Å². The first-order valence-electron chi connectivity index (χ1n) is 5.97. The molecule has 0 saturated carbocycles. The van der Waals surface area contributed by atoms with Crippen molar-refractivity contribution >= 4 is 33.4 Å². The maximum Gasteiger partial charge on any atom is 0.0463 e. The highest BCUT2D eigenvalue weighted by Gasteiger charge is 2.00.